The summed E-state index contributed by atoms with van der Waals surface area (Å²) in [6.07, 6.45) is 3.08. The molecule has 4 heterocycles. The fraction of sp³-hybridized carbons (Fsp3) is 0.549. The fourth-order valence-corrected chi connectivity index (χ4v) is 10.5. The molecule has 26 heteroatoms. The van der Waals surface area contributed by atoms with Crippen LogP contribution in [0.1, 0.15) is 75.3 Å². The average Bonchev–Trinajstić information content (AvgIpc) is 4.34. The molecule has 8 amide bonds. The standard InChI is InChI=1S/C51H73N15O11/c52-33(15-7-19-57-49(53)54)44(72)65-22-10-18-39(65)46(74)64-21-9-17-38(64)43(71)59-27-40(68)60-35(23-30-11-3-1-4-12-30)41(69)62-37(29-67)45(73)66-28-32-25-51(66,26-32)48(77)63-36(24-31-13-5-2-6-14-31)42(70)61-34(47(75)76)16-8-20-58-50(55)56/h1-6,11-14,32-39,67H,7-10,15-29,52H2,(H,59,71)(H,60,68)(H,61,70)(H,62,69)(H,63,77)(H,75,76)(H4,53,54,57)(H4,55,56,58)/t32?,33-,34-,35-,36-,37-,38-,39-,51?/m0/s1. The minimum atomic E-state index is -1.58. The minimum Gasteiger partial charge on any atom is -0.480 e. The van der Waals surface area contributed by atoms with Crippen LogP contribution >= 0.6 is 0 Å². The maximum Gasteiger partial charge on any atom is 0.326 e. The van der Waals surface area contributed by atoms with Crippen molar-refractivity contribution in [2.45, 2.75) is 125 Å². The number of carbonyl (C=O) groups excluding carboxylic acids is 8. The summed E-state index contributed by atoms with van der Waals surface area (Å²) >= 11 is 0. The number of amides is 8. The van der Waals surface area contributed by atoms with Crippen molar-refractivity contribution in [3.05, 3.63) is 71.8 Å². The van der Waals surface area contributed by atoms with E-state index >= 15 is 0 Å². The highest BCUT2D eigenvalue weighted by atomic mass is 16.4. The molecule has 5 aliphatic rings. The second-order valence-electron chi connectivity index (χ2n) is 20.0. The third kappa shape index (κ3) is 15.4. The summed E-state index contributed by atoms with van der Waals surface area (Å²) in [5.41, 5.74) is 27.5. The Bertz CT molecular complexity index is 2500. The second-order valence-corrected chi connectivity index (χ2v) is 20.0. The zero-order chi connectivity index (χ0) is 55.8. The number of carboxylic acid groups (broad SMARTS) is 1. The number of nitrogens with zero attached hydrogens (tertiary/aromatic N) is 5. The van der Waals surface area contributed by atoms with Gasteiger partial charge in [-0.2, -0.15) is 0 Å². The van der Waals surface area contributed by atoms with Gasteiger partial charge >= 0.3 is 5.97 Å². The molecule has 2 aromatic carbocycles. The topological polar surface area (TPSA) is 419 Å². The molecule has 77 heavy (non-hydrogen) atoms. The van der Waals surface area contributed by atoms with Crippen molar-refractivity contribution in [1.29, 1.82) is 0 Å². The number of fused-ring (bicyclic) bond motifs is 1. The highest BCUT2D eigenvalue weighted by Gasteiger charge is 2.63. The van der Waals surface area contributed by atoms with Gasteiger partial charge in [0.1, 0.15) is 41.8 Å². The van der Waals surface area contributed by atoms with Crippen molar-refractivity contribution in [3.8, 4) is 0 Å². The molecule has 0 unspecified atom stereocenters. The number of hydrogen-bond acceptors (Lipinski definition) is 13. The summed E-state index contributed by atoms with van der Waals surface area (Å²) in [7, 11) is 0. The lowest BCUT2D eigenvalue weighted by Gasteiger charge is -2.42. The highest BCUT2D eigenvalue weighted by molar-refractivity contribution is 6.00. The van der Waals surface area contributed by atoms with Gasteiger partial charge in [-0.05, 0) is 81.3 Å². The van der Waals surface area contributed by atoms with Crippen LogP contribution < -0.4 is 55.3 Å². The monoisotopic (exact) mass is 1070 g/mol. The number of nitrogens with one attached hydrogen (secondary N) is 5. The number of aliphatic imine (C=N–C) groups is 2. The molecular weight excluding hydrogens is 999 g/mol. The molecule has 0 aromatic heterocycles. The Labute approximate surface area is 445 Å². The Hall–Kier alpha value is -7.87. The van der Waals surface area contributed by atoms with Crippen LogP contribution in [0.4, 0.5) is 0 Å². The molecule has 26 nitrogen and oxygen atoms in total. The van der Waals surface area contributed by atoms with E-state index in [1.54, 1.807) is 60.7 Å². The molecule has 1 aliphatic carbocycles. The number of aliphatic hydroxyl groups is 1. The number of hydrogen-bond donors (Lipinski definition) is 12. The Balaban J connectivity index is 1.08. The second kappa shape index (κ2) is 27.3. The average molecular weight is 1070 g/mol. The third-order valence-corrected chi connectivity index (χ3v) is 14.5. The van der Waals surface area contributed by atoms with Crippen molar-refractivity contribution < 1.29 is 53.4 Å². The van der Waals surface area contributed by atoms with E-state index in [9.17, 15) is 53.4 Å². The Morgan fingerprint density at radius 1 is 0.662 bits per heavy atom. The molecule has 2 bridgehead atoms. The number of nitrogens with two attached hydrogens (primary N) is 5. The largest absolute Gasteiger partial charge is 0.480 e. The van der Waals surface area contributed by atoms with Gasteiger partial charge in [-0.15, -0.1) is 0 Å². The van der Waals surface area contributed by atoms with E-state index in [2.05, 4.69) is 36.6 Å². The molecule has 4 saturated heterocycles. The zero-order valence-electron chi connectivity index (χ0n) is 43.0. The van der Waals surface area contributed by atoms with Crippen molar-refractivity contribution >= 4 is 65.1 Å². The van der Waals surface area contributed by atoms with Crippen LogP contribution in [0.2, 0.25) is 0 Å². The molecule has 5 fully saturated rings. The summed E-state index contributed by atoms with van der Waals surface area (Å²) in [5.74, 6) is -6.92. The normalized spacial score (nSPS) is 21.2. The number of likely N-dealkylation sites (tertiary alicyclic amines) is 2. The maximum absolute atomic E-state index is 14.4. The number of carbonyl (C=O) groups is 9. The van der Waals surface area contributed by atoms with Crippen LogP contribution in [0.3, 0.4) is 0 Å². The van der Waals surface area contributed by atoms with Gasteiger partial charge in [0.25, 0.3) is 0 Å². The van der Waals surface area contributed by atoms with Gasteiger partial charge in [0, 0.05) is 45.6 Å². The van der Waals surface area contributed by atoms with E-state index < -0.39 is 108 Å². The molecule has 4 aliphatic heterocycles. The van der Waals surface area contributed by atoms with Gasteiger partial charge in [0.05, 0.1) is 19.2 Å². The lowest BCUT2D eigenvalue weighted by molar-refractivity contribution is -0.150. The first-order valence-corrected chi connectivity index (χ1v) is 26.0. The summed E-state index contributed by atoms with van der Waals surface area (Å²) in [6, 6.07) is 9.24. The summed E-state index contributed by atoms with van der Waals surface area (Å²) in [5, 5.41) is 33.6. The lowest BCUT2D eigenvalue weighted by Crippen LogP contribution is -2.65. The van der Waals surface area contributed by atoms with E-state index in [-0.39, 0.29) is 81.9 Å². The molecule has 0 spiro atoms. The smallest absolute Gasteiger partial charge is 0.326 e. The molecular formula is C51H73N15O11. The molecule has 0 radical (unpaired) electrons. The Morgan fingerprint density at radius 2 is 1.19 bits per heavy atom. The first-order valence-electron chi connectivity index (χ1n) is 26.0. The predicted octanol–water partition coefficient (Wildman–Crippen LogP) is -3.99. The number of rotatable bonds is 27. The number of aliphatic hydroxyl groups excluding tert-OH is 1. The summed E-state index contributed by atoms with van der Waals surface area (Å²) in [4.78, 5) is 135. The maximum atomic E-state index is 14.4. The molecule has 418 valence electrons. The molecule has 2 aromatic rings. The number of carboxylic acids is 1. The number of guanidine groups is 2. The van der Waals surface area contributed by atoms with Crippen LogP contribution in [0.25, 0.3) is 0 Å². The number of aliphatic carboxylic acids is 1. The zero-order valence-corrected chi connectivity index (χ0v) is 43.0. The fourth-order valence-electron chi connectivity index (χ4n) is 10.5. The first kappa shape index (κ1) is 58.4. The van der Waals surface area contributed by atoms with E-state index in [0.29, 0.717) is 62.7 Å². The number of benzene rings is 2. The van der Waals surface area contributed by atoms with E-state index in [1.165, 1.54) is 14.7 Å². The third-order valence-electron chi connectivity index (χ3n) is 14.5. The van der Waals surface area contributed by atoms with Crippen LogP contribution in [0.15, 0.2) is 70.6 Å². The van der Waals surface area contributed by atoms with Crippen molar-refractivity contribution in [3.63, 3.8) is 0 Å². The SMILES string of the molecule is NC(N)=NCCC[C@H](NC(=O)[C@H](Cc1ccccc1)NC(=O)C12CC(CN1C(=O)[C@H](CO)NC(=O)[C@H](Cc1ccccc1)NC(=O)CNC(=O)[C@@H]1CCCN1C(=O)[C@@H]1CCCN1C(=O)[C@@H](N)CCCN=C(N)N)C2)C(=O)O. The van der Waals surface area contributed by atoms with Crippen LogP contribution in [0, 0.1) is 5.92 Å². The van der Waals surface area contributed by atoms with Gasteiger partial charge in [0.2, 0.25) is 47.3 Å². The molecule has 17 N–H and O–H groups in total. The van der Waals surface area contributed by atoms with Gasteiger partial charge in [-0.3, -0.25) is 48.3 Å². The first-order chi connectivity index (χ1) is 36.8. The minimum absolute atomic E-state index is 0.0179. The van der Waals surface area contributed by atoms with Gasteiger partial charge in [-0.25, -0.2) is 4.79 Å². The van der Waals surface area contributed by atoms with Crippen molar-refractivity contribution in [1.82, 2.24) is 41.3 Å². The predicted molar refractivity (Wildman–Crippen MR) is 280 cm³/mol. The summed E-state index contributed by atoms with van der Waals surface area (Å²) < 4.78 is 0. The summed E-state index contributed by atoms with van der Waals surface area (Å²) in [6.45, 7) is -0.376. The van der Waals surface area contributed by atoms with Crippen LogP contribution in [-0.2, 0) is 56.0 Å². The lowest BCUT2D eigenvalue weighted by atomic mass is 9.72. The van der Waals surface area contributed by atoms with Gasteiger partial charge in [-0.1, -0.05) is 60.7 Å². The highest BCUT2D eigenvalue weighted by Crippen LogP contribution is 2.51. The van der Waals surface area contributed by atoms with Crippen molar-refractivity contribution in [2.24, 2.45) is 44.6 Å². The van der Waals surface area contributed by atoms with Gasteiger partial charge < -0.3 is 80.2 Å². The van der Waals surface area contributed by atoms with E-state index in [4.69, 9.17) is 28.7 Å². The van der Waals surface area contributed by atoms with E-state index in [0.717, 1.165) is 0 Å². The Kier molecular flexibility index (Phi) is 20.7. The Morgan fingerprint density at radius 3 is 1.75 bits per heavy atom. The molecule has 1 saturated carbocycles. The van der Waals surface area contributed by atoms with Crippen molar-refractivity contribution in [2.75, 3.05) is 45.9 Å². The molecule has 7 atom stereocenters. The van der Waals surface area contributed by atoms with Crippen LogP contribution in [0.5, 0.6) is 0 Å². The molecule has 7 rings (SSSR count). The van der Waals surface area contributed by atoms with Gasteiger partial charge in [0.15, 0.2) is 11.9 Å². The quantitative estimate of drug-likeness (QED) is 0.0231. The van der Waals surface area contributed by atoms with Crippen LogP contribution in [-0.4, -0.2) is 184 Å². The van der Waals surface area contributed by atoms with E-state index in [1.807, 2.05) is 0 Å².